The summed E-state index contributed by atoms with van der Waals surface area (Å²) in [4.78, 5) is 0. The largest absolute Gasteiger partial charge is 0.0651 e. The molecule has 0 aliphatic carbocycles. The average Bonchev–Trinajstić information content (AvgIpc) is 2.69. The predicted octanol–water partition coefficient (Wildman–Crippen LogP) is 6.66. The fourth-order valence-corrected chi connectivity index (χ4v) is 3.09. The Labute approximate surface area is 157 Å². The van der Waals surface area contributed by atoms with Crippen LogP contribution in [0.4, 0.5) is 0 Å². The molecule has 0 unspecified atom stereocenters. The lowest BCUT2D eigenvalue weighted by atomic mass is 10.0. The molecule has 0 bridgehead atoms. The van der Waals surface area contributed by atoms with E-state index in [1.54, 1.807) is 0 Å². The minimum Gasteiger partial charge on any atom is -0.0651 e. The summed E-state index contributed by atoms with van der Waals surface area (Å²) in [7, 11) is 0. The number of aryl methyl sites for hydroxylation is 2. The van der Waals surface area contributed by atoms with Crippen LogP contribution in [0.5, 0.6) is 0 Å². The van der Waals surface area contributed by atoms with Gasteiger partial charge in [0.15, 0.2) is 0 Å². The molecule has 0 aliphatic heterocycles. The van der Waals surface area contributed by atoms with Gasteiger partial charge in [-0.25, -0.2) is 0 Å². The molecule has 0 heterocycles. The number of hydrogen-bond donors (Lipinski definition) is 0. The Morgan fingerprint density at radius 3 is 1.27 bits per heavy atom. The van der Waals surface area contributed by atoms with Gasteiger partial charge in [-0.3, -0.25) is 0 Å². The summed E-state index contributed by atoms with van der Waals surface area (Å²) in [6, 6.07) is 26.0. The maximum Gasteiger partial charge on any atom is 0.0249 e. The summed E-state index contributed by atoms with van der Waals surface area (Å²) in [6.45, 7) is 4.42. The van der Waals surface area contributed by atoms with Gasteiger partial charge in [0, 0.05) is 11.1 Å². The van der Waals surface area contributed by atoms with Gasteiger partial charge in [0.05, 0.1) is 0 Å². The second kappa shape index (κ2) is 9.07. The highest BCUT2D eigenvalue weighted by Gasteiger charge is 1.98. The molecule has 0 fully saturated rings. The maximum absolute atomic E-state index is 3.27. The summed E-state index contributed by atoms with van der Waals surface area (Å²) in [5.74, 6) is 6.53. The van der Waals surface area contributed by atoms with Crippen LogP contribution in [-0.4, -0.2) is 0 Å². The van der Waals surface area contributed by atoms with E-state index < -0.39 is 0 Å². The zero-order chi connectivity index (χ0) is 18.2. The van der Waals surface area contributed by atoms with Crippen LogP contribution in [0.3, 0.4) is 0 Å². The molecule has 0 saturated heterocycles. The first-order chi connectivity index (χ1) is 12.8. The Hall–Kier alpha value is -2.78. The number of hydrogen-bond acceptors (Lipinski definition) is 0. The molecule has 0 spiro atoms. The van der Waals surface area contributed by atoms with Crippen molar-refractivity contribution in [3.63, 3.8) is 0 Å². The lowest BCUT2D eigenvalue weighted by Gasteiger charge is -2.04. The first kappa shape index (κ1) is 18.0. The van der Waals surface area contributed by atoms with Crippen molar-refractivity contribution in [2.45, 2.75) is 39.5 Å². The van der Waals surface area contributed by atoms with Crippen molar-refractivity contribution < 1.29 is 0 Å². The fraction of sp³-hybridized carbons (Fsp3) is 0.231. The van der Waals surface area contributed by atoms with E-state index in [9.17, 15) is 0 Å². The van der Waals surface area contributed by atoms with Crippen molar-refractivity contribution in [1.29, 1.82) is 0 Å². The Morgan fingerprint density at radius 1 is 0.500 bits per heavy atom. The quantitative estimate of drug-likeness (QED) is 0.456. The first-order valence-corrected chi connectivity index (χ1v) is 9.59. The van der Waals surface area contributed by atoms with Crippen molar-refractivity contribution >= 4 is 0 Å². The molecule has 0 radical (unpaired) electrons. The monoisotopic (exact) mass is 338 g/mol. The van der Waals surface area contributed by atoms with Crippen LogP contribution in [0.15, 0.2) is 72.8 Å². The van der Waals surface area contributed by atoms with Crippen molar-refractivity contribution in [1.82, 2.24) is 0 Å². The van der Waals surface area contributed by atoms with Gasteiger partial charge in [-0.15, -0.1) is 0 Å². The second-order valence-electron chi connectivity index (χ2n) is 6.72. The Balaban J connectivity index is 1.70. The molecular formula is C26H26. The summed E-state index contributed by atoms with van der Waals surface area (Å²) < 4.78 is 0. The van der Waals surface area contributed by atoms with Gasteiger partial charge in [0.1, 0.15) is 0 Å². The molecule has 0 aliphatic rings. The zero-order valence-corrected chi connectivity index (χ0v) is 15.8. The fourth-order valence-electron chi connectivity index (χ4n) is 3.09. The average molecular weight is 338 g/mol. The summed E-state index contributed by atoms with van der Waals surface area (Å²) in [5.41, 5.74) is 7.41. The van der Waals surface area contributed by atoms with Gasteiger partial charge in [-0.2, -0.15) is 0 Å². The van der Waals surface area contributed by atoms with Gasteiger partial charge in [0.25, 0.3) is 0 Å². The van der Waals surface area contributed by atoms with E-state index in [1.165, 1.54) is 35.1 Å². The van der Waals surface area contributed by atoms with Crippen molar-refractivity contribution in [2.75, 3.05) is 0 Å². The first-order valence-electron chi connectivity index (χ1n) is 9.59. The molecule has 0 heteroatoms. The van der Waals surface area contributed by atoms with E-state index in [-0.39, 0.29) is 0 Å². The van der Waals surface area contributed by atoms with Crippen LogP contribution in [0.2, 0.25) is 0 Å². The molecule has 0 aromatic heterocycles. The SMILES string of the molecule is CCCc1ccc(C#Cc2ccc(-c3ccc(CCC)cc3)cc2)cc1. The molecule has 3 aromatic rings. The van der Waals surface area contributed by atoms with Gasteiger partial charge in [-0.1, -0.05) is 87.1 Å². The molecule has 0 atom stereocenters. The van der Waals surface area contributed by atoms with E-state index in [0.717, 1.165) is 24.0 Å². The van der Waals surface area contributed by atoms with Gasteiger partial charge in [0.2, 0.25) is 0 Å². The number of rotatable bonds is 5. The standard InChI is InChI=1S/C26H26/c1-3-5-21-7-9-23(10-8-21)11-12-24-15-19-26(20-16-24)25-17-13-22(6-4-2)14-18-25/h7-10,13-20H,3-6H2,1-2H3. The molecule has 130 valence electrons. The maximum atomic E-state index is 3.27. The topological polar surface area (TPSA) is 0 Å². The van der Waals surface area contributed by atoms with Crippen LogP contribution in [0.1, 0.15) is 48.9 Å². The smallest absolute Gasteiger partial charge is 0.0249 e. The molecule has 0 N–H and O–H groups in total. The van der Waals surface area contributed by atoms with Crippen molar-refractivity contribution in [3.05, 3.63) is 95.1 Å². The summed E-state index contributed by atoms with van der Waals surface area (Å²) >= 11 is 0. The third kappa shape index (κ3) is 4.87. The van der Waals surface area contributed by atoms with Crippen LogP contribution >= 0.6 is 0 Å². The van der Waals surface area contributed by atoms with E-state index in [0.29, 0.717) is 0 Å². The van der Waals surface area contributed by atoms with Crippen molar-refractivity contribution in [3.8, 4) is 23.0 Å². The summed E-state index contributed by atoms with van der Waals surface area (Å²) in [5, 5.41) is 0. The van der Waals surface area contributed by atoms with E-state index in [2.05, 4.69) is 98.5 Å². The van der Waals surface area contributed by atoms with Crippen molar-refractivity contribution in [2.24, 2.45) is 0 Å². The van der Waals surface area contributed by atoms with Gasteiger partial charge >= 0.3 is 0 Å². The molecule has 3 rings (SSSR count). The lowest BCUT2D eigenvalue weighted by molar-refractivity contribution is 0.922. The van der Waals surface area contributed by atoms with Crippen LogP contribution in [-0.2, 0) is 12.8 Å². The Kier molecular flexibility index (Phi) is 6.29. The summed E-state index contributed by atoms with van der Waals surface area (Å²) in [6.07, 6.45) is 4.65. The minimum atomic E-state index is 1.05. The molecule has 3 aromatic carbocycles. The van der Waals surface area contributed by atoms with Gasteiger partial charge in [-0.05, 0) is 59.4 Å². The van der Waals surface area contributed by atoms with Crippen LogP contribution in [0.25, 0.3) is 11.1 Å². The third-order valence-electron chi connectivity index (χ3n) is 4.55. The zero-order valence-electron chi connectivity index (χ0n) is 15.8. The Bertz CT molecular complexity index is 870. The molecule has 0 saturated carbocycles. The highest BCUT2D eigenvalue weighted by Crippen LogP contribution is 2.20. The predicted molar refractivity (Wildman–Crippen MR) is 112 cm³/mol. The van der Waals surface area contributed by atoms with E-state index in [1.807, 2.05) is 0 Å². The van der Waals surface area contributed by atoms with E-state index >= 15 is 0 Å². The normalized spacial score (nSPS) is 10.2. The third-order valence-corrected chi connectivity index (χ3v) is 4.55. The molecule has 0 amide bonds. The number of benzene rings is 3. The second-order valence-corrected chi connectivity index (χ2v) is 6.72. The van der Waals surface area contributed by atoms with E-state index in [4.69, 9.17) is 0 Å². The van der Waals surface area contributed by atoms with Gasteiger partial charge < -0.3 is 0 Å². The highest BCUT2D eigenvalue weighted by atomic mass is 14.0. The lowest BCUT2D eigenvalue weighted by Crippen LogP contribution is -1.84. The Morgan fingerprint density at radius 2 is 0.846 bits per heavy atom. The molecular weight excluding hydrogens is 312 g/mol. The minimum absolute atomic E-state index is 1.05. The van der Waals surface area contributed by atoms with Crippen LogP contribution < -0.4 is 0 Å². The highest BCUT2D eigenvalue weighted by molar-refractivity contribution is 5.64. The molecule has 26 heavy (non-hydrogen) atoms. The van der Waals surface area contributed by atoms with Crippen LogP contribution in [0, 0.1) is 11.8 Å². The molecule has 0 nitrogen and oxygen atoms in total.